The van der Waals surface area contributed by atoms with Crippen molar-refractivity contribution in [1.82, 2.24) is 14.1 Å². The average molecular weight is 337 g/mol. The van der Waals surface area contributed by atoms with Gasteiger partial charge in [-0.05, 0) is 32.0 Å². The van der Waals surface area contributed by atoms with E-state index in [2.05, 4.69) is 23.8 Å². The normalized spacial score (nSPS) is 28.3. The Morgan fingerprint density at radius 3 is 2.30 bits per heavy atom. The summed E-state index contributed by atoms with van der Waals surface area (Å²) in [6.45, 7) is 7.62. The van der Waals surface area contributed by atoms with Gasteiger partial charge in [-0.25, -0.2) is 8.42 Å². The third-order valence-electron chi connectivity index (χ3n) is 5.51. The van der Waals surface area contributed by atoms with E-state index in [9.17, 15) is 8.42 Å². The number of sulfonamides is 1. The molecule has 2 aliphatic rings. The first kappa shape index (κ1) is 16.9. The highest BCUT2D eigenvalue weighted by Crippen LogP contribution is 2.34. The Balaban J connectivity index is 1.78. The smallest absolute Gasteiger partial charge is 0.243 e. The van der Waals surface area contributed by atoms with Gasteiger partial charge in [-0.3, -0.25) is 4.90 Å². The van der Waals surface area contributed by atoms with E-state index >= 15 is 0 Å². The molecule has 2 fully saturated rings. The fourth-order valence-corrected chi connectivity index (χ4v) is 5.36. The van der Waals surface area contributed by atoms with Crippen LogP contribution in [0.25, 0.3) is 0 Å². The quantitative estimate of drug-likeness (QED) is 0.835. The maximum absolute atomic E-state index is 12.9. The van der Waals surface area contributed by atoms with E-state index in [4.69, 9.17) is 0 Å². The monoisotopic (exact) mass is 337 g/mol. The van der Waals surface area contributed by atoms with Gasteiger partial charge in [-0.1, -0.05) is 25.1 Å². The van der Waals surface area contributed by atoms with Crippen LogP contribution in [-0.4, -0.2) is 74.4 Å². The third-order valence-corrected chi connectivity index (χ3v) is 7.37. The van der Waals surface area contributed by atoms with E-state index in [1.54, 1.807) is 28.6 Å². The number of rotatable bonds is 4. The van der Waals surface area contributed by atoms with Gasteiger partial charge >= 0.3 is 0 Å². The zero-order chi connectivity index (χ0) is 16.5. The third kappa shape index (κ3) is 3.18. The molecule has 0 radical (unpaired) electrons. The van der Waals surface area contributed by atoms with E-state index in [1.807, 2.05) is 6.07 Å². The van der Waals surface area contributed by atoms with Crippen LogP contribution in [0, 0.1) is 0 Å². The fraction of sp³-hybridized carbons (Fsp3) is 0.647. The molecule has 0 bridgehead atoms. The second-order valence-corrected chi connectivity index (χ2v) is 8.71. The van der Waals surface area contributed by atoms with Gasteiger partial charge in [0, 0.05) is 44.8 Å². The average Bonchev–Trinajstić information content (AvgIpc) is 3.03. The van der Waals surface area contributed by atoms with Crippen LogP contribution < -0.4 is 0 Å². The standard InChI is InChI=1S/C17H27N3O2S/c1-3-17(19-13-11-18(2)12-14-19)9-10-20(15-17)23(21,22)16-7-5-4-6-8-16/h4-8H,3,9-15H2,1-2H3. The topological polar surface area (TPSA) is 43.9 Å². The first-order valence-corrected chi connectivity index (χ1v) is 9.91. The Morgan fingerprint density at radius 1 is 1.04 bits per heavy atom. The molecule has 23 heavy (non-hydrogen) atoms. The van der Waals surface area contributed by atoms with E-state index in [1.165, 1.54) is 0 Å². The van der Waals surface area contributed by atoms with Crippen LogP contribution >= 0.6 is 0 Å². The Morgan fingerprint density at radius 2 is 1.70 bits per heavy atom. The summed E-state index contributed by atoms with van der Waals surface area (Å²) >= 11 is 0. The van der Waals surface area contributed by atoms with Crippen LogP contribution in [0.1, 0.15) is 19.8 Å². The van der Waals surface area contributed by atoms with Crippen LogP contribution in [0.2, 0.25) is 0 Å². The minimum atomic E-state index is -3.37. The van der Waals surface area contributed by atoms with Crippen molar-refractivity contribution in [2.24, 2.45) is 0 Å². The number of nitrogens with zero attached hydrogens (tertiary/aromatic N) is 3. The lowest BCUT2D eigenvalue weighted by atomic mass is 9.92. The summed E-state index contributed by atoms with van der Waals surface area (Å²) < 4.78 is 27.4. The lowest BCUT2D eigenvalue weighted by Crippen LogP contribution is -2.57. The molecule has 0 amide bonds. The van der Waals surface area contributed by atoms with Crippen LogP contribution in [0.3, 0.4) is 0 Å². The summed E-state index contributed by atoms with van der Waals surface area (Å²) in [4.78, 5) is 5.27. The van der Waals surface area contributed by atoms with E-state index < -0.39 is 10.0 Å². The molecule has 2 aliphatic heterocycles. The molecule has 5 nitrogen and oxygen atoms in total. The second kappa shape index (κ2) is 6.51. The second-order valence-electron chi connectivity index (χ2n) is 6.77. The largest absolute Gasteiger partial charge is 0.304 e. The van der Waals surface area contributed by atoms with Crippen LogP contribution in [0.15, 0.2) is 35.2 Å². The first-order valence-electron chi connectivity index (χ1n) is 8.47. The summed E-state index contributed by atoms with van der Waals surface area (Å²) in [6, 6.07) is 8.81. The van der Waals surface area contributed by atoms with Crippen molar-refractivity contribution in [3.63, 3.8) is 0 Å². The lowest BCUT2D eigenvalue weighted by molar-refractivity contribution is 0.0455. The van der Waals surface area contributed by atoms with Gasteiger partial charge in [-0.2, -0.15) is 4.31 Å². The molecule has 0 N–H and O–H groups in total. The van der Waals surface area contributed by atoms with Crippen molar-refractivity contribution in [3.05, 3.63) is 30.3 Å². The number of hydrogen-bond donors (Lipinski definition) is 0. The molecule has 1 atom stereocenters. The molecule has 6 heteroatoms. The van der Waals surface area contributed by atoms with E-state index in [0.717, 1.165) is 39.0 Å². The van der Waals surface area contributed by atoms with Crippen molar-refractivity contribution in [1.29, 1.82) is 0 Å². The lowest BCUT2D eigenvalue weighted by Gasteiger charge is -2.45. The molecule has 0 aromatic heterocycles. The SMILES string of the molecule is CCC1(N2CCN(C)CC2)CCN(S(=O)(=O)c2ccccc2)C1. The van der Waals surface area contributed by atoms with Gasteiger partial charge in [0.05, 0.1) is 4.90 Å². The van der Waals surface area contributed by atoms with Crippen molar-refractivity contribution in [3.8, 4) is 0 Å². The maximum Gasteiger partial charge on any atom is 0.243 e. The van der Waals surface area contributed by atoms with Gasteiger partial charge in [0.1, 0.15) is 0 Å². The van der Waals surface area contributed by atoms with Crippen molar-refractivity contribution in [2.45, 2.75) is 30.2 Å². The number of likely N-dealkylation sites (N-methyl/N-ethyl adjacent to an activating group) is 1. The molecule has 0 spiro atoms. The summed E-state index contributed by atoms with van der Waals surface area (Å²) in [5.41, 5.74) is 0.00309. The van der Waals surface area contributed by atoms with Gasteiger partial charge in [0.25, 0.3) is 0 Å². The van der Waals surface area contributed by atoms with Gasteiger partial charge in [0.15, 0.2) is 0 Å². The van der Waals surface area contributed by atoms with Crippen LogP contribution in [0.5, 0.6) is 0 Å². The Hall–Kier alpha value is -0.950. The summed E-state index contributed by atoms with van der Waals surface area (Å²) in [7, 11) is -1.22. The predicted molar refractivity (Wildman–Crippen MR) is 91.9 cm³/mol. The first-order chi connectivity index (χ1) is 11.0. The predicted octanol–water partition coefficient (Wildman–Crippen LogP) is 1.48. The van der Waals surface area contributed by atoms with Gasteiger partial charge < -0.3 is 4.90 Å². The van der Waals surface area contributed by atoms with Crippen LogP contribution in [0.4, 0.5) is 0 Å². The Labute approximate surface area is 139 Å². The zero-order valence-electron chi connectivity index (χ0n) is 14.1. The zero-order valence-corrected chi connectivity index (χ0v) is 14.9. The molecular weight excluding hydrogens is 310 g/mol. The van der Waals surface area contributed by atoms with Crippen molar-refractivity contribution >= 4 is 10.0 Å². The summed E-state index contributed by atoms with van der Waals surface area (Å²) in [5, 5.41) is 0. The Kier molecular flexibility index (Phi) is 4.78. The van der Waals surface area contributed by atoms with Gasteiger partial charge in [-0.15, -0.1) is 0 Å². The highest BCUT2D eigenvalue weighted by Gasteiger charge is 2.45. The van der Waals surface area contributed by atoms with Crippen molar-refractivity contribution < 1.29 is 8.42 Å². The number of benzene rings is 1. The molecule has 3 rings (SSSR count). The molecule has 0 saturated carbocycles. The highest BCUT2D eigenvalue weighted by molar-refractivity contribution is 7.89. The number of piperazine rings is 1. The van der Waals surface area contributed by atoms with E-state index in [0.29, 0.717) is 18.0 Å². The molecule has 2 heterocycles. The molecule has 1 unspecified atom stereocenters. The molecule has 1 aromatic rings. The highest BCUT2D eigenvalue weighted by atomic mass is 32.2. The fourth-order valence-electron chi connectivity index (χ4n) is 3.82. The summed E-state index contributed by atoms with van der Waals surface area (Å²) in [5.74, 6) is 0. The molecule has 128 valence electrons. The minimum absolute atomic E-state index is 0.00309. The van der Waals surface area contributed by atoms with Crippen LogP contribution in [-0.2, 0) is 10.0 Å². The Bertz CT molecular complexity index is 626. The number of hydrogen-bond acceptors (Lipinski definition) is 4. The molecule has 1 aromatic carbocycles. The molecule has 0 aliphatic carbocycles. The molecular formula is C17H27N3O2S. The minimum Gasteiger partial charge on any atom is -0.304 e. The maximum atomic E-state index is 12.9. The van der Waals surface area contributed by atoms with Gasteiger partial charge in [0.2, 0.25) is 10.0 Å². The van der Waals surface area contributed by atoms with Crippen molar-refractivity contribution in [2.75, 3.05) is 46.3 Å². The van der Waals surface area contributed by atoms with E-state index in [-0.39, 0.29) is 5.54 Å². The summed E-state index contributed by atoms with van der Waals surface area (Å²) in [6.07, 6.45) is 1.93. The molecule has 2 saturated heterocycles.